The van der Waals surface area contributed by atoms with E-state index in [9.17, 15) is 9.59 Å². The van der Waals surface area contributed by atoms with Crippen molar-refractivity contribution in [3.05, 3.63) is 12.7 Å². The Labute approximate surface area is 126 Å². The van der Waals surface area contributed by atoms with Gasteiger partial charge in [-0.15, -0.1) is 0 Å². The Morgan fingerprint density at radius 2 is 1.76 bits per heavy atom. The average Bonchev–Trinajstić information content (AvgIpc) is 2.53. The number of carbonyl (C=O) groups is 2. The van der Waals surface area contributed by atoms with Crippen molar-refractivity contribution in [1.82, 2.24) is 0 Å². The Kier molecular flexibility index (Phi) is 8.74. The van der Waals surface area contributed by atoms with Gasteiger partial charge in [0.25, 0.3) is 0 Å². The monoisotopic (exact) mass is 298 g/mol. The lowest BCUT2D eigenvalue weighted by molar-refractivity contribution is -0.147. The van der Waals surface area contributed by atoms with Crippen LogP contribution in [0.5, 0.6) is 0 Å². The summed E-state index contributed by atoms with van der Waals surface area (Å²) < 4.78 is 15.5. The largest absolute Gasteiger partial charge is 0.469 e. The van der Waals surface area contributed by atoms with Gasteiger partial charge < -0.3 is 14.2 Å². The molecule has 0 bridgehead atoms. The summed E-state index contributed by atoms with van der Waals surface area (Å²) >= 11 is 0. The molecule has 21 heavy (non-hydrogen) atoms. The number of unbranched alkanes of at least 4 members (excludes halogenated alkanes) is 2. The van der Waals surface area contributed by atoms with E-state index in [1.54, 1.807) is 0 Å². The Balaban J connectivity index is 1.96. The maximum atomic E-state index is 11.4. The van der Waals surface area contributed by atoms with E-state index >= 15 is 0 Å². The maximum absolute atomic E-state index is 11.4. The van der Waals surface area contributed by atoms with Crippen LogP contribution in [0.15, 0.2) is 12.7 Å². The highest BCUT2D eigenvalue weighted by molar-refractivity contribution is 5.81. The molecule has 0 saturated heterocycles. The minimum absolute atomic E-state index is 0.0504. The molecule has 0 radical (unpaired) electrons. The fourth-order valence-corrected chi connectivity index (χ4v) is 2.49. The summed E-state index contributed by atoms with van der Waals surface area (Å²) in [5.74, 6) is -0.412. The van der Waals surface area contributed by atoms with Crippen LogP contribution in [0.25, 0.3) is 0 Å². The molecule has 0 amide bonds. The molecule has 1 rings (SSSR count). The SMILES string of the molecule is C=CC(=O)OCCCCCOC1CCC(C(=O)OC)CC1. The third kappa shape index (κ3) is 7.27. The second-order valence-electron chi connectivity index (χ2n) is 5.30. The molecule has 120 valence electrons. The number of hydrogen-bond donors (Lipinski definition) is 0. The third-order valence-corrected chi connectivity index (χ3v) is 3.76. The van der Waals surface area contributed by atoms with Gasteiger partial charge in [-0.3, -0.25) is 4.79 Å². The zero-order valence-corrected chi connectivity index (χ0v) is 12.8. The molecule has 0 N–H and O–H groups in total. The van der Waals surface area contributed by atoms with Gasteiger partial charge in [-0.25, -0.2) is 4.79 Å². The van der Waals surface area contributed by atoms with Gasteiger partial charge in [-0.1, -0.05) is 6.58 Å². The number of carbonyl (C=O) groups excluding carboxylic acids is 2. The first kappa shape index (κ1) is 17.7. The lowest BCUT2D eigenvalue weighted by atomic mass is 9.87. The summed E-state index contributed by atoms with van der Waals surface area (Å²) in [5.41, 5.74) is 0. The summed E-state index contributed by atoms with van der Waals surface area (Å²) in [7, 11) is 1.44. The lowest BCUT2D eigenvalue weighted by Crippen LogP contribution is -2.27. The molecule has 1 fully saturated rings. The lowest BCUT2D eigenvalue weighted by Gasteiger charge is -2.26. The Bertz CT molecular complexity index is 332. The molecule has 1 aliphatic carbocycles. The molecule has 0 aromatic carbocycles. The van der Waals surface area contributed by atoms with Gasteiger partial charge in [0.1, 0.15) is 0 Å². The van der Waals surface area contributed by atoms with E-state index in [1.165, 1.54) is 13.2 Å². The van der Waals surface area contributed by atoms with Crippen LogP contribution in [0.1, 0.15) is 44.9 Å². The normalized spacial score (nSPS) is 21.6. The molecule has 0 aliphatic heterocycles. The summed E-state index contributed by atoms with van der Waals surface area (Å²) in [4.78, 5) is 22.2. The highest BCUT2D eigenvalue weighted by Crippen LogP contribution is 2.27. The van der Waals surface area contributed by atoms with Crippen LogP contribution in [0, 0.1) is 5.92 Å². The van der Waals surface area contributed by atoms with E-state index in [2.05, 4.69) is 6.58 Å². The maximum Gasteiger partial charge on any atom is 0.330 e. The van der Waals surface area contributed by atoms with Crippen molar-refractivity contribution in [2.45, 2.75) is 51.0 Å². The molecule has 1 saturated carbocycles. The molecule has 0 aromatic heterocycles. The number of hydrogen-bond acceptors (Lipinski definition) is 5. The average molecular weight is 298 g/mol. The molecule has 0 unspecified atom stereocenters. The van der Waals surface area contributed by atoms with Crippen molar-refractivity contribution < 1.29 is 23.8 Å². The Morgan fingerprint density at radius 3 is 2.38 bits per heavy atom. The fourth-order valence-electron chi connectivity index (χ4n) is 2.49. The standard InChI is InChI=1S/C16H26O5/c1-3-15(17)21-12-6-4-5-11-20-14-9-7-13(8-10-14)16(18)19-2/h3,13-14H,1,4-12H2,2H3. The van der Waals surface area contributed by atoms with Gasteiger partial charge in [0, 0.05) is 12.7 Å². The van der Waals surface area contributed by atoms with Crippen molar-refractivity contribution in [1.29, 1.82) is 0 Å². The minimum atomic E-state index is -0.367. The number of esters is 2. The summed E-state index contributed by atoms with van der Waals surface area (Å²) in [6, 6.07) is 0. The summed E-state index contributed by atoms with van der Waals surface area (Å²) in [6.45, 7) is 4.50. The predicted molar refractivity (Wildman–Crippen MR) is 78.7 cm³/mol. The van der Waals surface area contributed by atoms with E-state index in [1.807, 2.05) is 0 Å². The molecule has 0 heterocycles. The number of methoxy groups -OCH3 is 1. The molecule has 5 heteroatoms. The molecule has 5 nitrogen and oxygen atoms in total. The molecule has 0 atom stereocenters. The fraction of sp³-hybridized carbons (Fsp3) is 0.750. The third-order valence-electron chi connectivity index (χ3n) is 3.76. The van der Waals surface area contributed by atoms with Crippen LogP contribution in [0.4, 0.5) is 0 Å². The number of rotatable bonds is 9. The van der Waals surface area contributed by atoms with Crippen molar-refractivity contribution in [3.63, 3.8) is 0 Å². The van der Waals surface area contributed by atoms with Crippen molar-refractivity contribution in [3.8, 4) is 0 Å². The second-order valence-corrected chi connectivity index (χ2v) is 5.30. The van der Waals surface area contributed by atoms with Gasteiger partial charge in [-0.05, 0) is 44.9 Å². The van der Waals surface area contributed by atoms with E-state index in [-0.39, 0.29) is 24.0 Å². The van der Waals surface area contributed by atoms with Crippen LogP contribution < -0.4 is 0 Å². The first-order valence-corrected chi connectivity index (χ1v) is 7.66. The molecular formula is C16H26O5. The minimum Gasteiger partial charge on any atom is -0.469 e. The topological polar surface area (TPSA) is 61.8 Å². The van der Waals surface area contributed by atoms with Gasteiger partial charge >= 0.3 is 11.9 Å². The van der Waals surface area contributed by atoms with E-state index < -0.39 is 0 Å². The van der Waals surface area contributed by atoms with E-state index in [0.717, 1.165) is 51.6 Å². The van der Waals surface area contributed by atoms with Crippen molar-refractivity contribution >= 4 is 11.9 Å². The van der Waals surface area contributed by atoms with E-state index in [0.29, 0.717) is 6.61 Å². The molecule has 0 spiro atoms. The molecule has 1 aliphatic rings. The van der Waals surface area contributed by atoms with E-state index in [4.69, 9.17) is 14.2 Å². The highest BCUT2D eigenvalue weighted by atomic mass is 16.5. The zero-order valence-electron chi connectivity index (χ0n) is 12.8. The first-order valence-electron chi connectivity index (χ1n) is 7.66. The van der Waals surface area contributed by atoms with Crippen molar-refractivity contribution in [2.24, 2.45) is 5.92 Å². The van der Waals surface area contributed by atoms with Gasteiger partial charge in [-0.2, -0.15) is 0 Å². The second kappa shape index (κ2) is 10.4. The first-order chi connectivity index (χ1) is 10.2. The van der Waals surface area contributed by atoms with Crippen LogP contribution in [-0.2, 0) is 23.8 Å². The quantitative estimate of drug-likeness (QED) is 0.372. The highest BCUT2D eigenvalue weighted by Gasteiger charge is 2.26. The van der Waals surface area contributed by atoms with Gasteiger partial charge in [0.05, 0.1) is 25.7 Å². The van der Waals surface area contributed by atoms with Crippen LogP contribution >= 0.6 is 0 Å². The van der Waals surface area contributed by atoms with Crippen LogP contribution in [0.3, 0.4) is 0 Å². The van der Waals surface area contributed by atoms with Crippen LogP contribution in [0.2, 0.25) is 0 Å². The van der Waals surface area contributed by atoms with Crippen molar-refractivity contribution in [2.75, 3.05) is 20.3 Å². The van der Waals surface area contributed by atoms with Crippen LogP contribution in [-0.4, -0.2) is 38.4 Å². The number of ether oxygens (including phenoxy) is 3. The molecule has 0 aromatic rings. The predicted octanol–water partition coefficient (Wildman–Crippen LogP) is 2.63. The molecular weight excluding hydrogens is 272 g/mol. The zero-order chi connectivity index (χ0) is 15.5. The van der Waals surface area contributed by atoms with Gasteiger partial charge in [0.15, 0.2) is 0 Å². The summed E-state index contributed by atoms with van der Waals surface area (Å²) in [5, 5.41) is 0. The Hall–Kier alpha value is -1.36. The summed E-state index contributed by atoms with van der Waals surface area (Å²) in [6.07, 6.45) is 7.79. The Morgan fingerprint density at radius 1 is 1.10 bits per heavy atom. The van der Waals surface area contributed by atoms with Gasteiger partial charge in [0.2, 0.25) is 0 Å². The smallest absolute Gasteiger partial charge is 0.330 e.